The molecule has 1 aromatic heterocycles. The van der Waals surface area contributed by atoms with Gasteiger partial charge < -0.3 is 9.64 Å². The number of aryl methyl sites for hydroxylation is 1. The monoisotopic (exact) mass is 268 g/mol. The molecule has 100 valence electrons. The van der Waals surface area contributed by atoms with Crippen molar-refractivity contribution in [1.29, 1.82) is 0 Å². The predicted octanol–water partition coefficient (Wildman–Crippen LogP) is 2.72. The van der Waals surface area contributed by atoms with Crippen LogP contribution in [0.1, 0.15) is 35.6 Å². The predicted molar refractivity (Wildman–Crippen MR) is 73.3 cm³/mol. The Morgan fingerprint density at radius 2 is 2.00 bits per heavy atom. The van der Waals surface area contributed by atoms with Gasteiger partial charge in [-0.1, -0.05) is 25.2 Å². The Kier molecular flexibility index (Phi) is 3.90. The topological polar surface area (TPSA) is 42.4 Å². The number of methoxy groups -OCH3 is 1. The first-order valence-electron chi connectivity index (χ1n) is 6.32. The molecule has 1 fully saturated rings. The highest BCUT2D eigenvalue weighted by atomic mass is 32.1. The summed E-state index contributed by atoms with van der Waals surface area (Å²) in [5.41, 5.74) is 0.771. The molecule has 0 spiro atoms. The van der Waals surface area contributed by atoms with E-state index in [0.717, 1.165) is 23.9 Å². The average molecular weight is 268 g/mol. The first-order valence-corrected chi connectivity index (χ1v) is 7.13. The second kappa shape index (κ2) is 5.26. The van der Waals surface area contributed by atoms with Gasteiger partial charge in [0.25, 0.3) is 0 Å². The number of esters is 1. The lowest BCUT2D eigenvalue weighted by Gasteiger charge is -2.34. The fourth-order valence-corrected chi connectivity index (χ4v) is 3.62. The van der Waals surface area contributed by atoms with Gasteiger partial charge in [-0.05, 0) is 25.2 Å². The molecule has 0 radical (unpaired) electrons. The normalized spacial score (nSPS) is 24.1. The van der Waals surface area contributed by atoms with Crippen LogP contribution in [0.3, 0.4) is 0 Å². The molecule has 5 heteroatoms. The van der Waals surface area contributed by atoms with E-state index in [2.05, 4.69) is 23.7 Å². The van der Waals surface area contributed by atoms with Gasteiger partial charge in [-0.2, -0.15) is 0 Å². The van der Waals surface area contributed by atoms with E-state index in [1.54, 1.807) is 0 Å². The van der Waals surface area contributed by atoms with Crippen molar-refractivity contribution in [3.63, 3.8) is 0 Å². The van der Waals surface area contributed by atoms with Gasteiger partial charge in [-0.25, -0.2) is 9.78 Å². The number of nitrogens with zero attached hydrogens (tertiary/aromatic N) is 2. The number of piperidine rings is 1. The van der Waals surface area contributed by atoms with Gasteiger partial charge in [0.15, 0.2) is 5.13 Å². The summed E-state index contributed by atoms with van der Waals surface area (Å²) in [4.78, 5) is 19.0. The molecule has 18 heavy (non-hydrogen) atoms. The molecule has 2 unspecified atom stereocenters. The average Bonchev–Trinajstić information content (AvgIpc) is 2.69. The molecule has 0 N–H and O–H groups in total. The van der Waals surface area contributed by atoms with Crippen molar-refractivity contribution in [3.8, 4) is 0 Å². The third-order valence-electron chi connectivity index (χ3n) is 3.30. The fourth-order valence-electron chi connectivity index (χ4n) is 2.62. The fraction of sp³-hybridized carbons (Fsp3) is 0.692. The molecule has 1 aliphatic rings. The van der Waals surface area contributed by atoms with Crippen LogP contribution in [0.4, 0.5) is 5.13 Å². The SMILES string of the molecule is COC(=O)c1sc(N2CC(C)CC(C)C2)nc1C. The van der Waals surface area contributed by atoms with Crippen molar-refractivity contribution in [3.05, 3.63) is 10.6 Å². The zero-order chi connectivity index (χ0) is 13.3. The van der Waals surface area contributed by atoms with Crippen LogP contribution in [-0.2, 0) is 4.74 Å². The molecule has 0 bridgehead atoms. The van der Waals surface area contributed by atoms with Crippen molar-refractivity contribution in [2.75, 3.05) is 25.1 Å². The molecule has 0 amide bonds. The molecule has 1 aromatic rings. The summed E-state index contributed by atoms with van der Waals surface area (Å²) in [6.07, 6.45) is 1.27. The summed E-state index contributed by atoms with van der Waals surface area (Å²) in [5.74, 6) is 1.08. The van der Waals surface area contributed by atoms with E-state index in [-0.39, 0.29) is 5.97 Å². The Morgan fingerprint density at radius 3 is 2.56 bits per heavy atom. The maximum atomic E-state index is 11.6. The zero-order valence-electron chi connectivity index (χ0n) is 11.4. The van der Waals surface area contributed by atoms with Crippen molar-refractivity contribution in [2.45, 2.75) is 27.2 Å². The van der Waals surface area contributed by atoms with Gasteiger partial charge in [-0.3, -0.25) is 0 Å². The minimum Gasteiger partial charge on any atom is -0.465 e. The lowest BCUT2D eigenvalue weighted by Crippen LogP contribution is -2.38. The largest absolute Gasteiger partial charge is 0.465 e. The van der Waals surface area contributed by atoms with Crippen molar-refractivity contribution in [1.82, 2.24) is 4.98 Å². The number of ether oxygens (including phenoxy) is 1. The van der Waals surface area contributed by atoms with Gasteiger partial charge in [0.05, 0.1) is 12.8 Å². The van der Waals surface area contributed by atoms with Gasteiger partial charge in [-0.15, -0.1) is 0 Å². The molecule has 2 rings (SSSR count). The molecule has 2 atom stereocenters. The quantitative estimate of drug-likeness (QED) is 0.773. The molecule has 2 heterocycles. The number of thiazole rings is 1. The van der Waals surface area contributed by atoms with E-state index in [0.29, 0.717) is 16.7 Å². The van der Waals surface area contributed by atoms with Crippen molar-refractivity contribution in [2.24, 2.45) is 11.8 Å². The van der Waals surface area contributed by atoms with Crippen LogP contribution >= 0.6 is 11.3 Å². The summed E-state index contributed by atoms with van der Waals surface area (Å²) in [6, 6.07) is 0. The first kappa shape index (κ1) is 13.3. The van der Waals surface area contributed by atoms with E-state index < -0.39 is 0 Å². The Morgan fingerprint density at radius 1 is 1.39 bits per heavy atom. The smallest absolute Gasteiger partial charge is 0.350 e. The molecule has 1 saturated heterocycles. The molecule has 0 aromatic carbocycles. The van der Waals surface area contributed by atoms with Gasteiger partial charge in [0.1, 0.15) is 4.88 Å². The molecule has 1 aliphatic heterocycles. The van der Waals surface area contributed by atoms with E-state index in [1.807, 2.05) is 6.92 Å². The number of rotatable bonds is 2. The summed E-state index contributed by atoms with van der Waals surface area (Å²) < 4.78 is 4.77. The van der Waals surface area contributed by atoms with Gasteiger partial charge in [0, 0.05) is 13.1 Å². The van der Waals surface area contributed by atoms with E-state index >= 15 is 0 Å². The minimum atomic E-state index is -0.283. The van der Waals surface area contributed by atoms with E-state index in [4.69, 9.17) is 4.74 Å². The summed E-state index contributed by atoms with van der Waals surface area (Å²) >= 11 is 1.44. The number of anilines is 1. The van der Waals surface area contributed by atoms with Crippen molar-refractivity contribution >= 4 is 22.4 Å². The lowest BCUT2D eigenvalue weighted by atomic mass is 9.92. The Labute approximate surface area is 112 Å². The number of hydrogen-bond donors (Lipinski definition) is 0. The standard InChI is InChI=1S/C13H20N2O2S/c1-8-5-9(2)7-15(6-8)13-14-10(3)11(18-13)12(16)17-4/h8-9H,5-7H2,1-4H3. The zero-order valence-corrected chi connectivity index (χ0v) is 12.2. The molecule has 0 aliphatic carbocycles. The third-order valence-corrected chi connectivity index (χ3v) is 4.49. The number of carbonyl (C=O) groups is 1. The second-order valence-corrected chi connectivity index (χ2v) is 6.23. The van der Waals surface area contributed by atoms with Crippen LogP contribution in [0.2, 0.25) is 0 Å². The maximum Gasteiger partial charge on any atom is 0.350 e. The van der Waals surface area contributed by atoms with E-state index in [1.165, 1.54) is 24.9 Å². The highest BCUT2D eigenvalue weighted by molar-refractivity contribution is 7.17. The Bertz CT molecular complexity index is 434. The van der Waals surface area contributed by atoms with Gasteiger partial charge in [0.2, 0.25) is 0 Å². The molecular formula is C13H20N2O2S. The summed E-state index contributed by atoms with van der Waals surface area (Å²) in [6.45, 7) is 8.45. The minimum absolute atomic E-state index is 0.283. The number of aromatic nitrogens is 1. The van der Waals surface area contributed by atoms with Crippen LogP contribution in [0, 0.1) is 18.8 Å². The van der Waals surface area contributed by atoms with Crippen LogP contribution in [-0.4, -0.2) is 31.2 Å². The highest BCUT2D eigenvalue weighted by Gasteiger charge is 2.25. The molecule has 4 nitrogen and oxygen atoms in total. The van der Waals surface area contributed by atoms with Crippen LogP contribution in [0.15, 0.2) is 0 Å². The van der Waals surface area contributed by atoms with E-state index in [9.17, 15) is 4.79 Å². The van der Waals surface area contributed by atoms with Crippen LogP contribution in [0.5, 0.6) is 0 Å². The third kappa shape index (κ3) is 2.66. The highest BCUT2D eigenvalue weighted by Crippen LogP contribution is 2.31. The van der Waals surface area contributed by atoms with Crippen LogP contribution < -0.4 is 4.90 Å². The van der Waals surface area contributed by atoms with Crippen LogP contribution in [0.25, 0.3) is 0 Å². The summed E-state index contributed by atoms with van der Waals surface area (Å²) in [5, 5.41) is 0.950. The Hall–Kier alpha value is -1.10. The number of carbonyl (C=O) groups excluding carboxylic acids is 1. The molecular weight excluding hydrogens is 248 g/mol. The van der Waals surface area contributed by atoms with Gasteiger partial charge >= 0.3 is 5.97 Å². The van der Waals surface area contributed by atoms with Crippen molar-refractivity contribution < 1.29 is 9.53 Å². The lowest BCUT2D eigenvalue weighted by molar-refractivity contribution is 0.0605. The summed E-state index contributed by atoms with van der Waals surface area (Å²) in [7, 11) is 1.41. The second-order valence-electron chi connectivity index (χ2n) is 5.25. The molecule has 0 saturated carbocycles. The Balaban J connectivity index is 2.21. The number of hydrogen-bond acceptors (Lipinski definition) is 5. The first-order chi connectivity index (χ1) is 8.51. The maximum absolute atomic E-state index is 11.6.